The molecule has 148 valence electrons. The van der Waals surface area contributed by atoms with E-state index < -0.39 is 6.10 Å². The molecule has 27 heavy (non-hydrogen) atoms. The van der Waals surface area contributed by atoms with Crippen molar-refractivity contribution < 1.29 is 31.8 Å². The number of aliphatic hydroxyl groups is 1. The summed E-state index contributed by atoms with van der Waals surface area (Å²) >= 11 is 0. The van der Waals surface area contributed by atoms with Crippen molar-refractivity contribution >= 4 is 16.9 Å². The predicted octanol–water partition coefficient (Wildman–Crippen LogP) is -0.642. The van der Waals surface area contributed by atoms with E-state index in [-0.39, 0.29) is 25.1 Å². The molecule has 1 aliphatic heterocycles. The molecule has 1 heterocycles. The van der Waals surface area contributed by atoms with E-state index >= 15 is 0 Å². The van der Waals surface area contributed by atoms with Gasteiger partial charge in [0, 0.05) is 32.7 Å². The van der Waals surface area contributed by atoms with Crippen LogP contribution in [0.2, 0.25) is 0 Å². The van der Waals surface area contributed by atoms with Gasteiger partial charge in [-0.25, -0.2) is 4.79 Å². The number of fused-ring (bicyclic) bond motifs is 1. The molecular formula is C20H26ClN2O4-. The minimum atomic E-state index is -0.574. The van der Waals surface area contributed by atoms with Crippen LogP contribution in [0.15, 0.2) is 42.5 Å². The van der Waals surface area contributed by atoms with Gasteiger partial charge in [-0.15, -0.1) is 0 Å². The highest BCUT2D eigenvalue weighted by Crippen LogP contribution is 2.20. The molecule has 0 aromatic heterocycles. The molecule has 3 rings (SSSR count). The summed E-state index contributed by atoms with van der Waals surface area (Å²) in [6.45, 7) is 5.68. The van der Waals surface area contributed by atoms with Gasteiger partial charge in [0.1, 0.15) is 18.5 Å². The van der Waals surface area contributed by atoms with Crippen molar-refractivity contribution in [3.63, 3.8) is 0 Å². The molecule has 1 aliphatic rings. The summed E-state index contributed by atoms with van der Waals surface area (Å²) in [7, 11) is 0. The van der Waals surface area contributed by atoms with Crippen LogP contribution in [0, 0.1) is 0 Å². The maximum Gasteiger partial charge on any atom is 0.409 e. The van der Waals surface area contributed by atoms with Crippen LogP contribution in [0.5, 0.6) is 5.75 Å². The molecule has 1 atom stereocenters. The average Bonchev–Trinajstić information content (AvgIpc) is 2.67. The van der Waals surface area contributed by atoms with Gasteiger partial charge < -0.3 is 31.9 Å². The highest BCUT2D eigenvalue weighted by Gasteiger charge is 2.23. The van der Waals surface area contributed by atoms with E-state index in [1.807, 2.05) is 36.4 Å². The molecule has 6 nitrogen and oxygen atoms in total. The summed E-state index contributed by atoms with van der Waals surface area (Å²) in [5.41, 5.74) is 0. The standard InChI is InChI=1S/C20H26N2O4.ClH/c1-2-25-20(24)22-11-9-21(10-12-22)14-18(23)15-26-19-8-7-16-5-3-4-6-17(16)13-19;/h3-8,13,18,23H,2,9-12,14-15H2,1H3;1H/p-1. The summed E-state index contributed by atoms with van der Waals surface area (Å²) < 4.78 is 10.8. The monoisotopic (exact) mass is 393 g/mol. The summed E-state index contributed by atoms with van der Waals surface area (Å²) in [6, 6.07) is 14.0. The summed E-state index contributed by atoms with van der Waals surface area (Å²) in [5, 5.41) is 12.5. The largest absolute Gasteiger partial charge is 1.00 e. The predicted molar refractivity (Wildman–Crippen MR) is 100 cm³/mol. The molecule has 2 aromatic rings. The number of β-amino-alcohol motifs (C(OH)–C–C–N with tert-alkyl or cyclic N) is 1. The lowest BCUT2D eigenvalue weighted by Gasteiger charge is -2.34. The highest BCUT2D eigenvalue weighted by molar-refractivity contribution is 5.83. The number of carbonyl (C=O) groups excluding carboxylic acids is 1. The number of hydrogen-bond acceptors (Lipinski definition) is 5. The van der Waals surface area contributed by atoms with Gasteiger partial charge in [-0.05, 0) is 29.8 Å². The first kappa shape index (κ1) is 21.3. The molecule has 1 saturated heterocycles. The summed E-state index contributed by atoms with van der Waals surface area (Å²) in [6.07, 6.45) is -0.831. The Morgan fingerprint density at radius 1 is 1.11 bits per heavy atom. The normalized spacial score (nSPS) is 15.9. The first-order valence-electron chi connectivity index (χ1n) is 9.09. The van der Waals surface area contributed by atoms with Crippen LogP contribution in [0.25, 0.3) is 10.8 Å². The van der Waals surface area contributed by atoms with E-state index in [1.54, 1.807) is 11.8 Å². The molecule has 0 radical (unpaired) electrons. The number of aliphatic hydroxyl groups excluding tert-OH is 1. The van der Waals surface area contributed by atoms with Crippen LogP contribution in [0.1, 0.15) is 6.92 Å². The van der Waals surface area contributed by atoms with E-state index in [9.17, 15) is 9.90 Å². The van der Waals surface area contributed by atoms with Gasteiger partial charge >= 0.3 is 6.09 Å². The second-order valence-electron chi connectivity index (χ2n) is 6.46. The number of carbonyl (C=O) groups is 1. The van der Waals surface area contributed by atoms with Crippen LogP contribution in [0.4, 0.5) is 4.79 Å². The third kappa shape index (κ3) is 5.99. The van der Waals surface area contributed by atoms with E-state index in [1.165, 1.54) is 5.39 Å². The lowest BCUT2D eigenvalue weighted by Crippen LogP contribution is -3.00. The van der Waals surface area contributed by atoms with Crippen LogP contribution < -0.4 is 17.1 Å². The molecule has 0 spiro atoms. The van der Waals surface area contributed by atoms with E-state index in [2.05, 4.69) is 11.0 Å². The quantitative estimate of drug-likeness (QED) is 0.707. The number of amides is 1. The maximum absolute atomic E-state index is 11.7. The lowest BCUT2D eigenvalue weighted by atomic mass is 10.1. The van der Waals surface area contributed by atoms with Crippen LogP contribution >= 0.6 is 0 Å². The fraction of sp³-hybridized carbons (Fsp3) is 0.450. The van der Waals surface area contributed by atoms with Crippen molar-refractivity contribution in [3.05, 3.63) is 42.5 Å². The van der Waals surface area contributed by atoms with Crippen molar-refractivity contribution in [2.75, 3.05) is 45.9 Å². The molecular weight excluding hydrogens is 368 g/mol. The lowest BCUT2D eigenvalue weighted by molar-refractivity contribution is -0.0000194. The Kier molecular flexibility index (Phi) is 8.16. The number of nitrogens with zero attached hydrogens (tertiary/aromatic N) is 2. The minimum absolute atomic E-state index is 0. The SMILES string of the molecule is CCOC(=O)N1CCN(CC(O)COc2ccc3ccccc3c2)CC1.[Cl-]. The topological polar surface area (TPSA) is 62.2 Å². The Hall–Kier alpha value is -2.02. The van der Waals surface area contributed by atoms with Gasteiger partial charge in [-0.1, -0.05) is 30.3 Å². The van der Waals surface area contributed by atoms with Gasteiger partial charge in [0.25, 0.3) is 0 Å². The van der Waals surface area contributed by atoms with Gasteiger partial charge in [0.15, 0.2) is 0 Å². The van der Waals surface area contributed by atoms with E-state index in [0.717, 1.165) is 24.2 Å². The minimum Gasteiger partial charge on any atom is -1.00 e. The fourth-order valence-electron chi connectivity index (χ4n) is 3.13. The number of halogens is 1. The number of piperazine rings is 1. The number of hydrogen-bond donors (Lipinski definition) is 1. The third-order valence-electron chi connectivity index (χ3n) is 4.53. The number of rotatable bonds is 6. The van der Waals surface area contributed by atoms with Gasteiger partial charge in [0.05, 0.1) is 6.61 Å². The van der Waals surface area contributed by atoms with Crippen molar-refractivity contribution in [1.82, 2.24) is 9.80 Å². The molecule has 1 amide bonds. The Bertz CT molecular complexity index is 735. The zero-order valence-electron chi connectivity index (χ0n) is 15.5. The molecule has 0 bridgehead atoms. The number of benzene rings is 2. The van der Waals surface area contributed by atoms with Crippen molar-refractivity contribution in [2.45, 2.75) is 13.0 Å². The van der Waals surface area contributed by atoms with E-state index in [4.69, 9.17) is 9.47 Å². The molecule has 1 N–H and O–H groups in total. The van der Waals surface area contributed by atoms with Crippen LogP contribution in [-0.4, -0.2) is 73.0 Å². The van der Waals surface area contributed by atoms with Crippen molar-refractivity contribution in [2.24, 2.45) is 0 Å². The molecule has 1 unspecified atom stereocenters. The Balaban J connectivity index is 0.00000261. The van der Waals surface area contributed by atoms with Crippen LogP contribution in [-0.2, 0) is 4.74 Å². The Morgan fingerprint density at radius 2 is 1.81 bits per heavy atom. The fourth-order valence-corrected chi connectivity index (χ4v) is 3.13. The average molecular weight is 394 g/mol. The molecule has 2 aromatic carbocycles. The molecule has 0 saturated carbocycles. The van der Waals surface area contributed by atoms with Crippen molar-refractivity contribution in [3.8, 4) is 5.75 Å². The third-order valence-corrected chi connectivity index (χ3v) is 4.53. The maximum atomic E-state index is 11.7. The second-order valence-corrected chi connectivity index (χ2v) is 6.46. The first-order chi connectivity index (χ1) is 12.7. The zero-order chi connectivity index (χ0) is 18.4. The van der Waals surface area contributed by atoms with Crippen molar-refractivity contribution in [1.29, 1.82) is 0 Å². The van der Waals surface area contributed by atoms with E-state index in [0.29, 0.717) is 26.2 Å². The summed E-state index contributed by atoms with van der Waals surface area (Å²) in [4.78, 5) is 15.5. The first-order valence-corrected chi connectivity index (χ1v) is 9.09. The molecule has 0 aliphatic carbocycles. The van der Waals surface area contributed by atoms with Gasteiger partial charge in [-0.3, -0.25) is 4.90 Å². The molecule has 7 heteroatoms. The second kappa shape index (κ2) is 10.3. The van der Waals surface area contributed by atoms with Crippen LogP contribution in [0.3, 0.4) is 0 Å². The highest BCUT2D eigenvalue weighted by atomic mass is 35.5. The van der Waals surface area contributed by atoms with Gasteiger partial charge in [0.2, 0.25) is 0 Å². The number of ether oxygens (including phenoxy) is 2. The Morgan fingerprint density at radius 3 is 2.52 bits per heavy atom. The summed E-state index contributed by atoms with van der Waals surface area (Å²) in [5.74, 6) is 0.759. The molecule has 1 fully saturated rings. The Labute approximate surface area is 166 Å². The smallest absolute Gasteiger partial charge is 0.409 e. The zero-order valence-corrected chi connectivity index (χ0v) is 16.3. The van der Waals surface area contributed by atoms with Gasteiger partial charge in [-0.2, -0.15) is 0 Å².